The Morgan fingerprint density at radius 1 is 1.32 bits per heavy atom. The Kier molecular flexibility index (Phi) is 10.9. The van der Waals surface area contributed by atoms with Gasteiger partial charge in [0, 0.05) is 31.6 Å². The van der Waals surface area contributed by atoms with Crippen LogP contribution in [0.15, 0.2) is 59.1 Å². The number of likely N-dealkylation sites (tertiary alicyclic amines) is 1. The van der Waals surface area contributed by atoms with Gasteiger partial charge in [0.25, 0.3) is 0 Å². The number of nitrogens with two attached hydrogens (primary N) is 1. The van der Waals surface area contributed by atoms with E-state index in [1.54, 1.807) is 24.0 Å². The molecule has 174 valence electrons. The minimum Gasteiger partial charge on any atom is -0.393 e. The van der Waals surface area contributed by atoms with Crippen LogP contribution in [-0.4, -0.2) is 53.3 Å². The fraction of sp³-hybridized carbons (Fsp3) is 0.476. The number of alkyl halides is 3. The van der Waals surface area contributed by atoms with Crippen molar-refractivity contribution in [1.29, 1.82) is 0 Å². The third kappa shape index (κ3) is 9.63. The first-order valence-electron chi connectivity index (χ1n) is 9.80. The third-order valence-corrected chi connectivity index (χ3v) is 4.72. The molecule has 1 fully saturated rings. The number of nitrogens with zero attached hydrogens (tertiary/aromatic N) is 2. The number of halogens is 4. The molecule has 1 aliphatic heterocycles. The third-order valence-electron chi connectivity index (χ3n) is 4.59. The first-order chi connectivity index (χ1) is 14.5. The van der Waals surface area contributed by atoms with Gasteiger partial charge in [-0.3, -0.25) is 9.80 Å². The molecule has 10 heteroatoms. The van der Waals surface area contributed by atoms with Crippen molar-refractivity contribution >= 4 is 17.5 Å². The summed E-state index contributed by atoms with van der Waals surface area (Å²) >= 11 is 5.61. The summed E-state index contributed by atoms with van der Waals surface area (Å²) < 4.78 is 41.0. The van der Waals surface area contributed by atoms with Gasteiger partial charge in [-0.2, -0.15) is 13.2 Å². The number of aliphatic hydroxyl groups is 1. The van der Waals surface area contributed by atoms with E-state index >= 15 is 0 Å². The zero-order valence-electron chi connectivity index (χ0n) is 17.8. The number of carbonyl (C=O) groups excluding carboxylic acids is 1. The second-order valence-electron chi connectivity index (χ2n) is 7.11. The van der Waals surface area contributed by atoms with Crippen molar-refractivity contribution < 1.29 is 23.1 Å². The lowest BCUT2D eigenvalue weighted by molar-refractivity contribution is -0.132. The molecule has 0 aromatic rings. The van der Waals surface area contributed by atoms with Gasteiger partial charge in [0.2, 0.25) is 5.91 Å². The van der Waals surface area contributed by atoms with Crippen molar-refractivity contribution in [2.75, 3.05) is 20.1 Å². The Bertz CT molecular complexity index is 752. The van der Waals surface area contributed by atoms with E-state index in [-0.39, 0.29) is 24.6 Å². The number of hydrogen-bond acceptors (Lipinski definition) is 5. The summed E-state index contributed by atoms with van der Waals surface area (Å²) in [6, 6.07) is 0. The van der Waals surface area contributed by atoms with Crippen molar-refractivity contribution in [3.05, 3.63) is 59.1 Å². The summed E-state index contributed by atoms with van der Waals surface area (Å²) in [5, 5.41) is 10.5. The van der Waals surface area contributed by atoms with Gasteiger partial charge in [0.15, 0.2) is 0 Å². The molecular weight excluding hydrogens is 433 g/mol. The highest BCUT2D eigenvalue weighted by atomic mass is 35.5. The van der Waals surface area contributed by atoms with Crippen LogP contribution in [0.4, 0.5) is 13.2 Å². The Labute approximate surface area is 186 Å². The van der Waals surface area contributed by atoms with Crippen LogP contribution in [0.1, 0.15) is 32.6 Å². The number of hydrogen-bond donors (Lipinski definition) is 3. The SMILES string of the molecule is C=C(Cl)/C=C\C=C(/C)C/C=C(\N(NC)/C(N)=C\CC(=O)N1CCC(O)CC1)C(F)(F)F. The van der Waals surface area contributed by atoms with E-state index in [4.69, 9.17) is 17.3 Å². The van der Waals surface area contributed by atoms with Gasteiger partial charge >= 0.3 is 6.18 Å². The topological polar surface area (TPSA) is 81.8 Å². The molecule has 31 heavy (non-hydrogen) atoms. The Hall–Kier alpha value is -2.23. The van der Waals surface area contributed by atoms with E-state index in [2.05, 4.69) is 12.0 Å². The lowest BCUT2D eigenvalue weighted by atomic mass is 10.1. The second-order valence-corrected chi connectivity index (χ2v) is 7.60. The number of rotatable bonds is 9. The number of hydrazine groups is 1. The van der Waals surface area contributed by atoms with Crippen LogP contribution in [0.3, 0.4) is 0 Å². The number of aliphatic hydroxyl groups excluding tert-OH is 1. The van der Waals surface area contributed by atoms with Crippen LogP contribution >= 0.6 is 11.6 Å². The fourth-order valence-corrected chi connectivity index (χ4v) is 2.97. The first-order valence-corrected chi connectivity index (χ1v) is 10.2. The van der Waals surface area contributed by atoms with Crippen molar-refractivity contribution in [3.63, 3.8) is 0 Å². The molecule has 6 nitrogen and oxygen atoms in total. The maximum atomic E-state index is 13.7. The van der Waals surface area contributed by atoms with Gasteiger partial charge in [-0.1, -0.05) is 35.9 Å². The van der Waals surface area contributed by atoms with Gasteiger partial charge in [-0.15, -0.1) is 0 Å². The number of carbonyl (C=O) groups is 1. The molecule has 0 radical (unpaired) electrons. The molecule has 0 atom stereocenters. The summed E-state index contributed by atoms with van der Waals surface area (Å²) in [4.78, 5) is 13.9. The minimum absolute atomic E-state index is 0.0223. The van der Waals surface area contributed by atoms with Gasteiger partial charge in [0.1, 0.15) is 11.5 Å². The molecular formula is C21H30ClF3N4O2. The smallest absolute Gasteiger partial charge is 0.393 e. The van der Waals surface area contributed by atoms with Crippen LogP contribution in [0.5, 0.6) is 0 Å². The van der Waals surface area contributed by atoms with Gasteiger partial charge in [-0.05, 0) is 44.4 Å². The van der Waals surface area contributed by atoms with Crippen LogP contribution < -0.4 is 11.2 Å². The van der Waals surface area contributed by atoms with Crippen LogP contribution in [0.2, 0.25) is 0 Å². The normalized spacial score (nSPS) is 17.4. The maximum absolute atomic E-state index is 13.7. The van der Waals surface area contributed by atoms with Gasteiger partial charge < -0.3 is 15.7 Å². The second kappa shape index (κ2) is 12.6. The van der Waals surface area contributed by atoms with E-state index in [1.807, 2.05) is 0 Å². The molecule has 1 rings (SSSR count). The minimum atomic E-state index is -4.67. The van der Waals surface area contributed by atoms with Crippen molar-refractivity contribution in [3.8, 4) is 0 Å². The monoisotopic (exact) mass is 462 g/mol. The number of allylic oxidation sites excluding steroid dienone is 7. The van der Waals surface area contributed by atoms with Crippen LogP contribution in [-0.2, 0) is 4.79 Å². The Morgan fingerprint density at radius 2 is 1.94 bits per heavy atom. The highest BCUT2D eigenvalue weighted by Gasteiger charge is 2.38. The first kappa shape index (κ1) is 26.8. The average Bonchev–Trinajstić information content (AvgIpc) is 2.68. The quantitative estimate of drug-likeness (QED) is 0.359. The van der Waals surface area contributed by atoms with E-state index in [0.29, 0.717) is 41.5 Å². The number of piperidine rings is 1. The highest BCUT2D eigenvalue weighted by Crippen LogP contribution is 2.30. The Balaban J connectivity index is 2.93. The summed E-state index contributed by atoms with van der Waals surface area (Å²) in [5.74, 6) is -0.494. The highest BCUT2D eigenvalue weighted by molar-refractivity contribution is 6.30. The van der Waals surface area contributed by atoms with Gasteiger partial charge in [-0.25, -0.2) is 5.43 Å². The molecule has 0 saturated carbocycles. The summed E-state index contributed by atoms with van der Waals surface area (Å²) in [7, 11) is 1.31. The van der Waals surface area contributed by atoms with Crippen molar-refractivity contribution in [2.45, 2.75) is 44.9 Å². The standard InChI is InChI=1S/C21H30ClF3N4O2/c1-15(5-4-6-16(2)22)7-8-18(21(23,24)25)29(27-3)19(26)9-10-20(31)28-13-11-17(30)12-14-28/h4-6,8-9,17,27,30H,2,7,10-14,26H2,1,3H3/b6-4-,15-5+,18-8-,19-9-. The lowest BCUT2D eigenvalue weighted by Crippen LogP contribution is -2.42. The van der Waals surface area contributed by atoms with Gasteiger partial charge in [0.05, 0.1) is 6.10 Å². The fourth-order valence-electron chi connectivity index (χ4n) is 2.89. The van der Waals surface area contributed by atoms with Crippen LogP contribution in [0, 0.1) is 0 Å². The molecule has 1 heterocycles. The zero-order chi connectivity index (χ0) is 23.6. The Morgan fingerprint density at radius 3 is 2.45 bits per heavy atom. The lowest BCUT2D eigenvalue weighted by Gasteiger charge is -2.30. The summed E-state index contributed by atoms with van der Waals surface area (Å²) in [5.41, 5.74) is 7.97. The van der Waals surface area contributed by atoms with E-state index in [9.17, 15) is 23.1 Å². The number of nitrogens with one attached hydrogen (secondary N) is 1. The molecule has 1 amide bonds. The van der Waals surface area contributed by atoms with Crippen molar-refractivity contribution in [1.82, 2.24) is 15.3 Å². The molecule has 0 unspecified atom stereocenters. The molecule has 1 aliphatic rings. The zero-order valence-corrected chi connectivity index (χ0v) is 18.5. The van der Waals surface area contributed by atoms with Crippen LogP contribution in [0.25, 0.3) is 0 Å². The molecule has 0 aromatic heterocycles. The largest absolute Gasteiger partial charge is 0.432 e. The maximum Gasteiger partial charge on any atom is 0.432 e. The summed E-state index contributed by atoms with van der Waals surface area (Å²) in [6.07, 6.45) is 2.77. The molecule has 4 N–H and O–H groups in total. The number of amides is 1. The van der Waals surface area contributed by atoms with E-state index < -0.39 is 18.0 Å². The average molecular weight is 463 g/mol. The predicted molar refractivity (Wildman–Crippen MR) is 116 cm³/mol. The molecule has 0 bridgehead atoms. The molecule has 0 aromatic carbocycles. The van der Waals surface area contributed by atoms with E-state index in [0.717, 1.165) is 6.08 Å². The summed E-state index contributed by atoms with van der Waals surface area (Å²) in [6.45, 7) is 6.00. The van der Waals surface area contributed by atoms with E-state index in [1.165, 1.54) is 19.2 Å². The molecule has 0 spiro atoms. The molecule has 1 saturated heterocycles. The molecule has 0 aliphatic carbocycles. The van der Waals surface area contributed by atoms with Crippen molar-refractivity contribution in [2.24, 2.45) is 5.73 Å². The predicted octanol–water partition coefficient (Wildman–Crippen LogP) is 3.69.